The highest BCUT2D eigenvalue weighted by molar-refractivity contribution is 7.80. The first kappa shape index (κ1) is 16.6. The second-order valence-corrected chi connectivity index (χ2v) is 5.15. The summed E-state index contributed by atoms with van der Waals surface area (Å²) < 4.78 is 5.32. The molecular weight excluding hydrogens is 312 g/mol. The normalized spacial score (nSPS) is 9.78. The molecule has 0 atom stereocenters. The maximum absolute atomic E-state index is 11.8. The topological polar surface area (TPSA) is 67.4 Å². The molecule has 0 aromatic heterocycles. The van der Waals surface area contributed by atoms with E-state index in [0.717, 1.165) is 0 Å². The highest BCUT2D eigenvalue weighted by atomic mass is 32.1. The summed E-state index contributed by atoms with van der Waals surface area (Å²) in [5.74, 6) is 0.249. The molecule has 1 amide bonds. The monoisotopic (exact) mass is 328 g/mol. The van der Waals surface area contributed by atoms with Crippen LogP contribution in [-0.4, -0.2) is 23.4 Å². The van der Waals surface area contributed by atoms with Gasteiger partial charge in [-0.2, -0.15) is 0 Å². The molecule has 0 spiro atoms. The standard InChI is InChI=1S/C17H16N2O3S/c1-12(20)13-7-9-14(10-8-13)18-17(23)19-16(21)11-22-15-5-3-2-4-6-15/h2-10H,11H2,1H3,(H2,18,19,21,23). The first-order valence-corrected chi connectivity index (χ1v) is 7.35. The fourth-order valence-corrected chi connectivity index (χ4v) is 2.01. The second-order valence-electron chi connectivity index (χ2n) is 4.74. The molecule has 0 heterocycles. The summed E-state index contributed by atoms with van der Waals surface area (Å²) in [6, 6.07) is 15.9. The van der Waals surface area contributed by atoms with Crippen molar-refractivity contribution in [2.75, 3.05) is 11.9 Å². The van der Waals surface area contributed by atoms with Crippen LogP contribution in [-0.2, 0) is 4.79 Å². The molecule has 0 aliphatic rings. The lowest BCUT2D eigenvalue weighted by Gasteiger charge is -2.10. The molecule has 0 saturated carbocycles. The van der Waals surface area contributed by atoms with Crippen LogP contribution in [0.4, 0.5) is 5.69 Å². The fourth-order valence-electron chi connectivity index (χ4n) is 1.78. The van der Waals surface area contributed by atoms with Gasteiger partial charge >= 0.3 is 0 Å². The molecule has 118 valence electrons. The lowest BCUT2D eigenvalue weighted by atomic mass is 10.1. The lowest BCUT2D eigenvalue weighted by molar-refractivity contribution is -0.121. The number of benzene rings is 2. The zero-order valence-electron chi connectivity index (χ0n) is 12.5. The SMILES string of the molecule is CC(=O)c1ccc(NC(=S)NC(=O)COc2ccccc2)cc1. The van der Waals surface area contributed by atoms with Crippen LogP contribution in [0.15, 0.2) is 54.6 Å². The van der Waals surface area contributed by atoms with Crippen LogP contribution < -0.4 is 15.4 Å². The molecule has 2 aromatic carbocycles. The number of carbonyl (C=O) groups excluding carboxylic acids is 2. The van der Waals surface area contributed by atoms with Gasteiger partial charge in [-0.15, -0.1) is 0 Å². The maximum Gasteiger partial charge on any atom is 0.264 e. The Balaban J connectivity index is 1.79. The Morgan fingerprint density at radius 3 is 2.30 bits per heavy atom. The third kappa shape index (κ3) is 5.52. The number of nitrogens with one attached hydrogen (secondary N) is 2. The first-order valence-electron chi connectivity index (χ1n) is 6.94. The van der Waals surface area contributed by atoms with Gasteiger partial charge in [-0.05, 0) is 55.5 Å². The van der Waals surface area contributed by atoms with Crippen LogP contribution in [0, 0.1) is 0 Å². The van der Waals surface area contributed by atoms with Crippen molar-refractivity contribution < 1.29 is 14.3 Å². The quantitative estimate of drug-likeness (QED) is 0.652. The minimum atomic E-state index is -0.355. The summed E-state index contributed by atoms with van der Waals surface area (Å²) in [4.78, 5) is 22.9. The van der Waals surface area contributed by atoms with Crippen molar-refractivity contribution >= 4 is 34.7 Å². The minimum absolute atomic E-state index is 0.00881. The molecule has 0 fully saturated rings. The number of carbonyl (C=O) groups is 2. The Morgan fingerprint density at radius 1 is 1.04 bits per heavy atom. The molecular formula is C17H16N2O3S. The molecule has 2 rings (SSSR count). The summed E-state index contributed by atoms with van der Waals surface area (Å²) in [6.07, 6.45) is 0. The van der Waals surface area contributed by atoms with E-state index in [1.807, 2.05) is 18.2 Å². The van der Waals surface area contributed by atoms with E-state index in [2.05, 4.69) is 10.6 Å². The smallest absolute Gasteiger partial charge is 0.264 e. The Labute approximate surface area is 139 Å². The second kappa shape index (κ2) is 8.05. The predicted octanol–water partition coefficient (Wildman–Crippen LogP) is 2.78. The molecule has 0 bridgehead atoms. The molecule has 23 heavy (non-hydrogen) atoms. The largest absolute Gasteiger partial charge is 0.484 e. The van der Waals surface area contributed by atoms with Crippen molar-refractivity contribution in [1.29, 1.82) is 0 Å². The van der Waals surface area contributed by atoms with E-state index in [1.165, 1.54) is 6.92 Å². The minimum Gasteiger partial charge on any atom is -0.484 e. The number of hydrogen-bond acceptors (Lipinski definition) is 4. The van der Waals surface area contributed by atoms with Gasteiger partial charge in [0.25, 0.3) is 5.91 Å². The van der Waals surface area contributed by atoms with Gasteiger partial charge in [-0.3, -0.25) is 14.9 Å². The zero-order valence-corrected chi connectivity index (χ0v) is 13.4. The number of anilines is 1. The molecule has 0 radical (unpaired) electrons. The van der Waals surface area contributed by atoms with Crippen LogP contribution in [0.3, 0.4) is 0 Å². The van der Waals surface area contributed by atoms with Crippen LogP contribution in [0.5, 0.6) is 5.75 Å². The van der Waals surface area contributed by atoms with Crippen molar-refractivity contribution in [3.63, 3.8) is 0 Å². The van der Waals surface area contributed by atoms with E-state index in [1.54, 1.807) is 36.4 Å². The first-order chi connectivity index (χ1) is 11.0. The summed E-state index contributed by atoms with van der Waals surface area (Å²) in [5, 5.41) is 5.56. The highest BCUT2D eigenvalue weighted by Crippen LogP contribution is 2.10. The van der Waals surface area contributed by atoms with Gasteiger partial charge in [0.15, 0.2) is 17.5 Å². The number of ketones is 1. The number of para-hydroxylation sites is 1. The molecule has 5 nitrogen and oxygen atoms in total. The number of rotatable bonds is 5. The van der Waals surface area contributed by atoms with Gasteiger partial charge in [-0.25, -0.2) is 0 Å². The number of amides is 1. The van der Waals surface area contributed by atoms with Crippen molar-refractivity contribution in [2.45, 2.75) is 6.92 Å². The van der Waals surface area contributed by atoms with Gasteiger partial charge in [0.2, 0.25) is 0 Å². The molecule has 0 saturated heterocycles. The van der Waals surface area contributed by atoms with Crippen molar-refractivity contribution in [1.82, 2.24) is 5.32 Å². The van der Waals surface area contributed by atoms with Crippen molar-refractivity contribution in [2.24, 2.45) is 0 Å². The number of thiocarbonyl (C=S) groups is 1. The zero-order chi connectivity index (χ0) is 16.7. The number of hydrogen-bond donors (Lipinski definition) is 2. The van der Waals surface area contributed by atoms with E-state index >= 15 is 0 Å². The average molecular weight is 328 g/mol. The van der Waals surface area contributed by atoms with Crippen LogP contribution in [0.2, 0.25) is 0 Å². The van der Waals surface area contributed by atoms with Crippen molar-refractivity contribution in [3.05, 3.63) is 60.2 Å². The van der Waals surface area contributed by atoms with Crippen LogP contribution >= 0.6 is 12.2 Å². The van der Waals surface area contributed by atoms with Gasteiger partial charge in [0.05, 0.1) is 0 Å². The van der Waals surface area contributed by atoms with Crippen molar-refractivity contribution in [3.8, 4) is 5.75 Å². The van der Waals surface area contributed by atoms with Gasteiger partial charge in [0, 0.05) is 11.3 Å². The maximum atomic E-state index is 11.8. The Kier molecular flexibility index (Phi) is 5.82. The van der Waals surface area contributed by atoms with Crippen LogP contribution in [0.25, 0.3) is 0 Å². The van der Waals surface area contributed by atoms with E-state index < -0.39 is 0 Å². The average Bonchev–Trinajstić information content (AvgIpc) is 2.54. The van der Waals surface area contributed by atoms with E-state index in [-0.39, 0.29) is 23.4 Å². The lowest BCUT2D eigenvalue weighted by Crippen LogP contribution is -2.37. The predicted molar refractivity (Wildman–Crippen MR) is 92.7 cm³/mol. The molecule has 2 aromatic rings. The summed E-state index contributed by atoms with van der Waals surface area (Å²) in [7, 11) is 0. The van der Waals surface area contributed by atoms with Gasteiger partial charge < -0.3 is 10.1 Å². The van der Waals surface area contributed by atoms with E-state index in [4.69, 9.17) is 17.0 Å². The third-order valence-corrected chi connectivity index (χ3v) is 3.12. The van der Waals surface area contributed by atoms with E-state index in [9.17, 15) is 9.59 Å². The molecule has 0 unspecified atom stereocenters. The fraction of sp³-hybridized carbons (Fsp3) is 0.118. The van der Waals surface area contributed by atoms with Gasteiger partial charge in [0.1, 0.15) is 5.75 Å². The summed E-state index contributed by atoms with van der Waals surface area (Å²) in [6.45, 7) is 1.37. The third-order valence-electron chi connectivity index (χ3n) is 2.92. The van der Waals surface area contributed by atoms with E-state index in [0.29, 0.717) is 17.0 Å². The Hall–Kier alpha value is -2.73. The molecule has 2 N–H and O–H groups in total. The molecule has 0 aliphatic carbocycles. The Morgan fingerprint density at radius 2 is 1.70 bits per heavy atom. The summed E-state index contributed by atoms with van der Waals surface area (Å²) in [5.41, 5.74) is 1.30. The number of ether oxygens (including phenoxy) is 1. The Bertz CT molecular complexity index is 700. The number of Topliss-reactive ketones (excluding diaryl/α,β-unsaturated/α-hetero) is 1. The molecule has 6 heteroatoms. The highest BCUT2D eigenvalue weighted by Gasteiger charge is 2.06. The summed E-state index contributed by atoms with van der Waals surface area (Å²) >= 11 is 5.06. The van der Waals surface area contributed by atoms with Gasteiger partial charge in [-0.1, -0.05) is 18.2 Å². The molecule has 0 aliphatic heterocycles. The van der Waals surface area contributed by atoms with Crippen LogP contribution in [0.1, 0.15) is 17.3 Å².